The highest BCUT2D eigenvalue weighted by Crippen LogP contribution is 2.24. The zero-order valence-corrected chi connectivity index (χ0v) is 16.2. The summed E-state index contributed by atoms with van der Waals surface area (Å²) in [4.78, 5) is 14.3. The van der Waals surface area contributed by atoms with Crippen molar-refractivity contribution in [1.82, 2.24) is 9.62 Å². The van der Waals surface area contributed by atoms with Crippen LogP contribution in [0.15, 0.2) is 47.4 Å². The summed E-state index contributed by atoms with van der Waals surface area (Å²) < 4.78 is 51.9. The van der Waals surface area contributed by atoms with Crippen molar-refractivity contribution in [3.8, 4) is 5.75 Å². The first kappa shape index (κ1) is 20.2. The average molecular weight is 408 g/mol. The molecule has 0 radical (unpaired) electrons. The summed E-state index contributed by atoms with van der Waals surface area (Å²) in [5.74, 6) is -0.543. The molecule has 2 aromatic carbocycles. The minimum Gasteiger partial charge on any atom is -0.496 e. The molecule has 0 spiro atoms. The molecule has 7 nitrogen and oxygen atoms in total. The van der Waals surface area contributed by atoms with Crippen molar-refractivity contribution in [2.45, 2.75) is 11.4 Å². The van der Waals surface area contributed by atoms with Gasteiger partial charge >= 0.3 is 0 Å². The number of ether oxygens (including phenoxy) is 2. The van der Waals surface area contributed by atoms with E-state index in [2.05, 4.69) is 4.72 Å². The number of nitrogens with one attached hydrogen (secondary N) is 1. The number of halogens is 1. The van der Waals surface area contributed by atoms with E-state index in [9.17, 15) is 17.6 Å². The Bertz CT molecular complexity index is 959. The van der Waals surface area contributed by atoms with Gasteiger partial charge in [0, 0.05) is 25.2 Å². The third kappa shape index (κ3) is 4.49. The maximum Gasteiger partial charge on any atom is 0.257 e. The van der Waals surface area contributed by atoms with Crippen LogP contribution < -0.4 is 9.46 Å². The van der Waals surface area contributed by atoms with Crippen LogP contribution in [0, 0.1) is 5.82 Å². The van der Waals surface area contributed by atoms with Crippen LogP contribution in [0.25, 0.3) is 0 Å². The van der Waals surface area contributed by atoms with Crippen LogP contribution in [0.5, 0.6) is 5.75 Å². The van der Waals surface area contributed by atoms with Crippen molar-refractivity contribution in [3.63, 3.8) is 0 Å². The van der Waals surface area contributed by atoms with Gasteiger partial charge in [0.05, 0.1) is 30.8 Å². The van der Waals surface area contributed by atoms with Crippen molar-refractivity contribution < 1.29 is 27.1 Å². The van der Waals surface area contributed by atoms with Crippen LogP contribution >= 0.6 is 0 Å². The molecule has 150 valence electrons. The summed E-state index contributed by atoms with van der Waals surface area (Å²) in [6, 6.07) is 9.97. The van der Waals surface area contributed by atoms with Crippen molar-refractivity contribution in [3.05, 3.63) is 59.4 Å². The molecule has 1 N–H and O–H groups in total. The van der Waals surface area contributed by atoms with E-state index < -0.39 is 15.8 Å². The molecule has 0 unspecified atom stereocenters. The van der Waals surface area contributed by atoms with Gasteiger partial charge in [-0.25, -0.2) is 17.5 Å². The molecule has 0 aromatic heterocycles. The summed E-state index contributed by atoms with van der Waals surface area (Å²) in [6.45, 7) is 1.50. The maximum atomic E-state index is 13.7. The number of nitrogens with zero attached hydrogens (tertiary/aromatic N) is 1. The Morgan fingerprint density at radius 1 is 1.21 bits per heavy atom. The van der Waals surface area contributed by atoms with Gasteiger partial charge in [-0.3, -0.25) is 4.79 Å². The van der Waals surface area contributed by atoms with Crippen LogP contribution in [-0.4, -0.2) is 52.6 Å². The van der Waals surface area contributed by atoms with Crippen LogP contribution in [0.1, 0.15) is 15.9 Å². The molecule has 28 heavy (non-hydrogen) atoms. The second kappa shape index (κ2) is 8.68. The first-order valence-corrected chi connectivity index (χ1v) is 10.2. The van der Waals surface area contributed by atoms with Gasteiger partial charge in [-0.15, -0.1) is 0 Å². The number of benzene rings is 2. The molecule has 0 bridgehead atoms. The number of hydrogen-bond donors (Lipinski definition) is 1. The number of rotatable bonds is 6. The molecule has 0 aliphatic carbocycles. The van der Waals surface area contributed by atoms with E-state index in [-0.39, 0.29) is 34.2 Å². The fraction of sp³-hybridized carbons (Fsp3) is 0.316. The van der Waals surface area contributed by atoms with Crippen molar-refractivity contribution in [2.24, 2.45) is 0 Å². The highest BCUT2D eigenvalue weighted by molar-refractivity contribution is 7.89. The third-order valence-corrected chi connectivity index (χ3v) is 5.82. The highest BCUT2D eigenvalue weighted by Gasteiger charge is 2.24. The van der Waals surface area contributed by atoms with E-state index >= 15 is 0 Å². The van der Waals surface area contributed by atoms with Gasteiger partial charge in [0.15, 0.2) is 0 Å². The first-order chi connectivity index (χ1) is 13.4. The summed E-state index contributed by atoms with van der Waals surface area (Å²) in [5.41, 5.74) is 0.377. The van der Waals surface area contributed by atoms with Gasteiger partial charge in [-0.2, -0.15) is 0 Å². The lowest BCUT2D eigenvalue weighted by Crippen LogP contribution is -2.40. The molecule has 1 amide bonds. The standard InChI is InChI=1S/C19H21FN2O5S/c1-26-18-7-6-15(12-16(18)19(23)22-8-10-27-11-9-22)28(24,25)21-13-14-4-2-3-5-17(14)20/h2-7,12,21H,8-11,13H2,1H3. The average Bonchev–Trinajstić information content (AvgIpc) is 2.72. The molecule has 0 atom stereocenters. The predicted molar refractivity (Wildman–Crippen MR) is 100 cm³/mol. The topological polar surface area (TPSA) is 84.9 Å². The Labute approximate surface area is 163 Å². The van der Waals surface area contributed by atoms with E-state index in [0.29, 0.717) is 26.3 Å². The van der Waals surface area contributed by atoms with E-state index in [4.69, 9.17) is 9.47 Å². The van der Waals surface area contributed by atoms with E-state index in [1.807, 2.05) is 0 Å². The molecule has 1 aliphatic rings. The van der Waals surface area contributed by atoms with E-state index in [0.717, 1.165) is 0 Å². The zero-order valence-electron chi connectivity index (χ0n) is 15.4. The van der Waals surface area contributed by atoms with Crippen molar-refractivity contribution in [1.29, 1.82) is 0 Å². The predicted octanol–water partition coefficient (Wildman–Crippen LogP) is 1.79. The molecular formula is C19H21FN2O5S. The minimum absolute atomic E-state index is 0.0961. The molecule has 9 heteroatoms. The lowest BCUT2D eigenvalue weighted by atomic mass is 10.1. The summed E-state index contributed by atoms with van der Waals surface area (Å²) in [6.07, 6.45) is 0. The van der Waals surface area contributed by atoms with Crippen LogP contribution in [-0.2, 0) is 21.3 Å². The summed E-state index contributed by atoms with van der Waals surface area (Å²) in [7, 11) is -2.54. The van der Waals surface area contributed by atoms with Crippen LogP contribution in [0.2, 0.25) is 0 Å². The van der Waals surface area contributed by atoms with E-state index in [1.165, 1.54) is 43.5 Å². The zero-order chi connectivity index (χ0) is 20.1. The van der Waals surface area contributed by atoms with Gasteiger partial charge in [0.1, 0.15) is 11.6 Å². The first-order valence-electron chi connectivity index (χ1n) is 8.70. The number of hydrogen-bond acceptors (Lipinski definition) is 5. The highest BCUT2D eigenvalue weighted by atomic mass is 32.2. The Kier molecular flexibility index (Phi) is 6.28. The lowest BCUT2D eigenvalue weighted by Gasteiger charge is -2.27. The van der Waals surface area contributed by atoms with Gasteiger partial charge < -0.3 is 14.4 Å². The molecule has 2 aromatic rings. The number of carbonyl (C=O) groups excluding carboxylic acids is 1. The molecular weight excluding hydrogens is 387 g/mol. The van der Waals surface area contributed by atoms with Crippen molar-refractivity contribution in [2.75, 3.05) is 33.4 Å². The molecule has 1 aliphatic heterocycles. The fourth-order valence-corrected chi connectivity index (χ4v) is 3.89. The second-order valence-corrected chi connectivity index (χ2v) is 7.95. The van der Waals surface area contributed by atoms with Gasteiger partial charge in [-0.1, -0.05) is 18.2 Å². The fourth-order valence-electron chi connectivity index (χ4n) is 2.86. The van der Waals surface area contributed by atoms with Crippen LogP contribution in [0.3, 0.4) is 0 Å². The molecule has 1 saturated heterocycles. The Morgan fingerprint density at radius 3 is 2.61 bits per heavy atom. The van der Waals surface area contributed by atoms with Gasteiger partial charge in [0.2, 0.25) is 10.0 Å². The third-order valence-electron chi connectivity index (χ3n) is 4.42. The number of amides is 1. The quantitative estimate of drug-likeness (QED) is 0.788. The second-order valence-electron chi connectivity index (χ2n) is 6.18. The van der Waals surface area contributed by atoms with Crippen molar-refractivity contribution >= 4 is 15.9 Å². The van der Waals surface area contributed by atoms with Crippen LogP contribution in [0.4, 0.5) is 4.39 Å². The molecule has 0 saturated carbocycles. The number of methoxy groups -OCH3 is 1. The smallest absolute Gasteiger partial charge is 0.257 e. The minimum atomic E-state index is -3.95. The lowest BCUT2D eigenvalue weighted by molar-refractivity contribution is 0.0300. The number of morpholine rings is 1. The monoisotopic (exact) mass is 408 g/mol. The largest absolute Gasteiger partial charge is 0.496 e. The SMILES string of the molecule is COc1ccc(S(=O)(=O)NCc2ccccc2F)cc1C(=O)N1CCOCC1. The maximum absolute atomic E-state index is 13.7. The molecule has 1 fully saturated rings. The summed E-state index contributed by atoms with van der Waals surface area (Å²) in [5, 5.41) is 0. The van der Waals surface area contributed by atoms with E-state index in [1.54, 1.807) is 11.0 Å². The summed E-state index contributed by atoms with van der Waals surface area (Å²) >= 11 is 0. The number of carbonyl (C=O) groups is 1. The Morgan fingerprint density at radius 2 is 1.93 bits per heavy atom. The Balaban J connectivity index is 1.84. The van der Waals surface area contributed by atoms with Gasteiger partial charge in [0.25, 0.3) is 5.91 Å². The molecule has 3 rings (SSSR count). The number of sulfonamides is 1. The molecule has 1 heterocycles. The Hall–Kier alpha value is -2.49. The van der Waals surface area contributed by atoms with Gasteiger partial charge in [-0.05, 0) is 24.3 Å². The normalized spacial score (nSPS) is 14.7.